The van der Waals surface area contributed by atoms with Gasteiger partial charge in [-0.05, 0) is 93.7 Å². The molecular weight excluding hydrogens is 611 g/mol. The molecular formula is C40H60ClFN2O3. The predicted molar refractivity (Wildman–Crippen MR) is 194 cm³/mol. The zero-order valence-electron chi connectivity index (χ0n) is 29.4. The third-order valence-electron chi connectivity index (χ3n) is 10.0. The second kappa shape index (κ2) is 22.9. The lowest BCUT2D eigenvalue weighted by atomic mass is 9.73. The Kier molecular flexibility index (Phi) is 19.7. The topological polar surface area (TPSA) is 62.6 Å². The van der Waals surface area contributed by atoms with Gasteiger partial charge < -0.3 is 14.4 Å². The van der Waals surface area contributed by atoms with Crippen LogP contribution in [-0.4, -0.2) is 44.5 Å². The number of methoxy groups -OCH3 is 2. The summed E-state index contributed by atoms with van der Waals surface area (Å²) in [6, 6.07) is 14.7. The van der Waals surface area contributed by atoms with Gasteiger partial charge in [0.2, 0.25) is 0 Å². The molecule has 7 heteroatoms. The Bertz CT molecular complexity index is 1190. The summed E-state index contributed by atoms with van der Waals surface area (Å²) < 4.78 is 24.4. The molecule has 1 aliphatic rings. The van der Waals surface area contributed by atoms with E-state index in [1.54, 1.807) is 26.4 Å². The van der Waals surface area contributed by atoms with Gasteiger partial charge in [-0.1, -0.05) is 96.5 Å². The van der Waals surface area contributed by atoms with Crippen LogP contribution in [0.1, 0.15) is 138 Å². The van der Waals surface area contributed by atoms with Gasteiger partial charge in [0.15, 0.2) is 17.3 Å². The Morgan fingerprint density at radius 1 is 0.809 bits per heavy atom. The van der Waals surface area contributed by atoms with Gasteiger partial charge in [0.05, 0.1) is 25.7 Å². The van der Waals surface area contributed by atoms with E-state index in [4.69, 9.17) is 9.47 Å². The van der Waals surface area contributed by atoms with E-state index in [1.165, 1.54) is 82.8 Å². The SMILES string of the molecule is CCCCCCCCCCCCCCC(C#N)(CCCCN1CCC(C(=O)c2ccc(F)cc2)CC1)c1ccc(OC)c(OC)c1.Cl. The Balaban J connectivity index is 0.00000768. The van der Waals surface area contributed by atoms with Crippen LogP contribution in [0, 0.1) is 23.1 Å². The summed E-state index contributed by atoms with van der Waals surface area (Å²) in [5, 5.41) is 10.7. The molecule has 2 aromatic rings. The van der Waals surface area contributed by atoms with Crippen molar-refractivity contribution in [3.8, 4) is 17.6 Å². The highest BCUT2D eigenvalue weighted by molar-refractivity contribution is 5.97. The number of hydrogen-bond donors (Lipinski definition) is 0. The van der Waals surface area contributed by atoms with Crippen LogP contribution in [0.2, 0.25) is 0 Å². The van der Waals surface area contributed by atoms with E-state index in [2.05, 4.69) is 17.9 Å². The summed E-state index contributed by atoms with van der Waals surface area (Å²) in [6.07, 6.45) is 20.9. The van der Waals surface area contributed by atoms with Crippen LogP contribution in [0.25, 0.3) is 0 Å². The zero-order valence-corrected chi connectivity index (χ0v) is 30.2. The van der Waals surface area contributed by atoms with Crippen LogP contribution < -0.4 is 9.47 Å². The second-order valence-corrected chi connectivity index (χ2v) is 13.3. The molecule has 5 nitrogen and oxygen atoms in total. The molecule has 3 rings (SSSR count). The Morgan fingerprint density at radius 3 is 1.87 bits per heavy atom. The first-order valence-electron chi connectivity index (χ1n) is 18.1. The van der Waals surface area contributed by atoms with Gasteiger partial charge in [0.25, 0.3) is 0 Å². The van der Waals surface area contributed by atoms with Crippen LogP contribution >= 0.6 is 12.4 Å². The highest BCUT2D eigenvalue weighted by Crippen LogP contribution is 2.39. The lowest BCUT2D eigenvalue weighted by Gasteiger charge is -2.32. The third-order valence-corrected chi connectivity index (χ3v) is 10.0. The van der Waals surface area contributed by atoms with Crippen molar-refractivity contribution in [3.05, 3.63) is 59.4 Å². The molecule has 0 saturated carbocycles. The molecule has 1 heterocycles. The van der Waals surface area contributed by atoms with E-state index in [9.17, 15) is 14.4 Å². The van der Waals surface area contributed by atoms with Crippen molar-refractivity contribution in [2.45, 2.75) is 128 Å². The van der Waals surface area contributed by atoms with Crippen LogP contribution in [0.15, 0.2) is 42.5 Å². The molecule has 0 radical (unpaired) electrons. The van der Waals surface area contributed by atoms with Gasteiger partial charge in [0, 0.05) is 11.5 Å². The van der Waals surface area contributed by atoms with Crippen LogP contribution in [0.4, 0.5) is 4.39 Å². The molecule has 0 amide bonds. The maximum absolute atomic E-state index is 13.3. The van der Waals surface area contributed by atoms with Gasteiger partial charge in [-0.3, -0.25) is 4.79 Å². The number of nitriles is 1. The van der Waals surface area contributed by atoms with E-state index >= 15 is 0 Å². The fraction of sp³-hybridized carbons (Fsp3) is 0.650. The zero-order chi connectivity index (χ0) is 33.0. The normalized spacial score (nSPS) is 15.0. The maximum Gasteiger partial charge on any atom is 0.166 e. The minimum atomic E-state index is -0.549. The molecule has 1 unspecified atom stereocenters. The van der Waals surface area contributed by atoms with E-state index in [0.717, 1.165) is 70.1 Å². The predicted octanol–water partition coefficient (Wildman–Crippen LogP) is 10.9. The summed E-state index contributed by atoms with van der Waals surface area (Å²) in [4.78, 5) is 15.3. The number of carbonyl (C=O) groups is 1. The molecule has 0 aromatic heterocycles. The molecule has 262 valence electrons. The van der Waals surface area contributed by atoms with Crippen molar-refractivity contribution in [1.29, 1.82) is 5.26 Å². The second-order valence-electron chi connectivity index (χ2n) is 13.3. The maximum atomic E-state index is 13.3. The molecule has 0 spiro atoms. The summed E-state index contributed by atoms with van der Waals surface area (Å²) in [5.41, 5.74) is 1.08. The van der Waals surface area contributed by atoms with Crippen molar-refractivity contribution in [2.75, 3.05) is 33.9 Å². The number of hydrogen-bond acceptors (Lipinski definition) is 5. The lowest BCUT2D eigenvalue weighted by Crippen LogP contribution is -2.37. The van der Waals surface area contributed by atoms with Crippen molar-refractivity contribution in [3.63, 3.8) is 0 Å². The van der Waals surface area contributed by atoms with Gasteiger partial charge in [0.1, 0.15) is 5.82 Å². The molecule has 1 saturated heterocycles. The molecule has 1 atom stereocenters. The van der Waals surface area contributed by atoms with Crippen molar-refractivity contribution >= 4 is 18.2 Å². The van der Waals surface area contributed by atoms with Crippen LogP contribution in [-0.2, 0) is 5.41 Å². The molecule has 2 aromatic carbocycles. The average molecular weight is 671 g/mol. The number of likely N-dealkylation sites (tertiary alicyclic amines) is 1. The number of ether oxygens (including phenoxy) is 2. The lowest BCUT2D eigenvalue weighted by molar-refractivity contribution is 0.0838. The Morgan fingerprint density at radius 2 is 1.34 bits per heavy atom. The highest BCUT2D eigenvalue weighted by Gasteiger charge is 2.33. The van der Waals surface area contributed by atoms with E-state index in [-0.39, 0.29) is 29.9 Å². The summed E-state index contributed by atoms with van der Waals surface area (Å²) >= 11 is 0. The summed E-state index contributed by atoms with van der Waals surface area (Å²) in [5.74, 6) is 1.18. The van der Waals surface area contributed by atoms with E-state index in [0.29, 0.717) is 17.1 Å². The molecule has 0 N–H and O–H groups in total. The van der Waals surface area contributed by atoms with E-state index < -0.39 is 5.41 Å². The minimum Gasteiger partial charge on any atom is -0.493 e. The van der Waals surface area contributed by atoms with Crippen molar-refractivity contribution in [1.82, 2.24) is 4.90 Å². The fourth-order valence-electron chi connectivity index (χ4n) is 7.02. The van der Waals surface area contributed by atoms with Crippen LogP contribution in [0.3, 0.4) is 0 Å². The average Bonchev–Trinajstić information content (AvgIpc) is 3.09. The number of rotatable bonds is 23. The first-order chi connectivity index (χ1) is 22.5. The Hall–Kier alpha value is -2.62. The van der Waals surface area contributed by atoms with Gasteiger partial charge in [-0.25, -0.2) is 4.39 Å². The number of unbranched alkanes of at least 4 members (excludes halogenated alkanes) is 12. The van der Waals surface area contributed by atoms with E-state index in [1.807, 2.05) is 18.2 Å². The van der Waals surface area contributed by atoms with Gasteiger partial charge >= 0.3 is 0 Å². The summed E-state index contributed by atoms with van der Waals surface area (Å²) in [7, 11) is 3.29. The molecule has 47 heavy (non-hydrogen) atoms. The Labute approximate surface area is 291 Å². The monoisotopic (exact) mass is 670 g/mol. The number of nitrogens with zero attached hydrogens (tertiary/aromatic N) is 2. The molecule has 0 bridgehead atoms. The number of benzene rings is 2. The number of Topliss-reactive ketones (excluding diaryl/α,β-unsaturated/α-hetero) is 1. The third kappa shape index (κ3) is 13.4. The largest absolute Gasteiger partial charge is 0.493 e. The van der Waals surface area contributed by atoms with Gasteiger partial charge in [-0.15, -0.1) is 12.4 Å². The van der Waals surface area contributed by atoms with Gasteiger partial charge in [-0.2, -0.15) is 5.26 Å². The number of piperidine rings is 1. The van der Waals surface area contributed by atoms with Crippen molar-refractivity contribution < 1.29 is 18.7 Å². The first kappa shape index (κ1) is 40.6. The van der Waals surface area contributed by atoms with Crippen LogP contribution in [0.5, 0.6) is 11.5 Å². The standard InChI is InChI=1S/C40H59FN2O3.ClH/c1-4-5-6-7-8-9-10-11-12-13-14-15-26-40(32-42,35-20-23-37(45-2)38(31-35)46-3)27-16-17-28-43-29-24-34(25-30-43)39(44)33-18-21-36(41)22-19-33;/h18-23,31,34H,4-17,24-30H2,1-3H3;1H. The number of carbonyl (C=O) groups excluding carboxylic acids is 1. The highest BCUT2D eigenvalue weighted by atomic mass is 35.5. The molecule has 0 aliphatic carbocycles. The minimum absolute atomic E-state index is 0. The quantitative estimate of drug-likeness (QED) is 0.0869. The first-order valence-corrected chi connectivity index (χ1v) is 18.1. The molecule has 1 aliphatic heterocycles. The number of halogens is 2. The van der Waals surface area contributed by atoms with Crippen molar-refractivity contribution in [2.24, 2.45) is 5.92 Å². The fourth-order valence-corrected chi connectivity index (χ4v) is 7.02. The molecule has 1 fully saturated rings. The number of ketones is 1. The smallest absolute Gasteiger partial charge is 0.166 e. The summed E-state index contributed by atoms with van der Waals surface area (Å²) in [6.45, 7) is 5.04.